The van der Waals surface area contributed by atoms with Crippen LogP contribution in [0.3, 0.4) is 0 Å². The maximum atomic E-state index is 13.8. The summed E-state index contributed by atoms with van der Waals surface area (Å²) in [5.74, 6) is -0.757. The molecule has 0 fully saturated rings. The number of nitriles is 1. The molecule has 0 aliphatic heterocycles. The highest BCUT2D eigenvalue weighted by Crippen LogP contribution is 2.35. The molecule has 3 aromatic heterocycles. The molecular weight excluding hydrogens is 452 g/mol. The van der Waals surface area contributed by atoms with E-state index in [1.165, 1.54) is 9.29 Å². The van der Waals surface area contributed by atoms with E-state index in [2.05, 4.69) is 15.0 Å². The van der Waals surface area contributed by atoms with E-state index in [-0.39, 0.29) is 28.1 Å². The maximum absolute atomic E-state index is 13.8. The van der Waals surface area contributed by atoms with E-state index in [1.807, 2.05) is 6.07 Å². The Morgan fingerprint density at radius 1 is 1.19 bits per heavy atom. The first-order chi connectivity index (χ1) is 15.0. The van der Waals surface area contributed by atoms with Crippen LogP contribution in [-0.2, 0) is 10.0 Å². The minimum absolute atomic E-state index is 0.00706. The molecule has 32 heavy (non-hydrogen) atoms. The van der Waals surface area contributed by atoms with Crippen molar-refractivity contribution >= 4 is 26.8 Å². The standard InChI is InChI=1S/C19H12F4N6O2S/c1-10(19(21,22)23)28-32(30,31)13-8-25-17(26-9-13)16-15(6-24)14-5-11(20)7-27-18(14)29(16)12-3-2-4-12/h2-5,7-10,28H,1H3/t10-/m0/s1. The number of hydrogen-bond donors (Lipinski definition) is 1. The van der Waals surface area contributed by atoms with E-state index >= 15 is 0 Å². The Hall–Kier alpha value is -3.63. The van der Waals surface area contributed by atoms with Crippen molar-refractivity contribution in [2.24, 2.45) is 0 Å². The third-order valence-corrected chi connectivity index (χ3v) is 6.15. The second kappa shape index (κ2) is 7.50. The first kappa shape index (κ1) is 21.6. The monoisotopic (exact) mass is 464 g/mol. The number of rotatable bonds is 5. The second-order valence-corrected chi connectivity index (χ2v) is 8.49. The number of fused-ring (bicyclic) bond motifs is 1. The van der Waals surface area contributed by atoms with Crippen molar-refractivity contribution in [1.29, 1.82) is 5.26 Å². The van der Waals surface area contributed by atoms with Crippen molar-refractivity contribution in [3.05, 3.63) is 54.3 Å². The van der Waals surface area contributed by atoms with Crippen molar-refractivity contribution in [3.63, 3.8) is 0 Å². The van der Waals surface area contributed by atoms with Crippen molar-refractivity contribution in [1.82, 2.24) is 24.2 Å². The molecule has 0 spiro atoms. The Kier molecular flexibility index (Phi) is 5.06. The smallest absolute Gasteiger partial charge is 0.290 e. The SMILES string of the molecule is C[C@H](NS(=O)(=O)c1cnc(-c2c(C#N)c3cc(F)cnc3n2C2=CC=C2)nc1)C(F)(F)F. The molecule has 0 unspecified atom stereocenters. The van der Waals surface area contributed by atoms with Crippen molar-refractivity contribution in [3.8, 4) is 17.6 Å². The number of hydrogen-bond acceptors (Lipinski definition) is 6. The Labute approximate surface area is 178 Å². The highest BCUT2D eigenvalue weighted by Gasteiger charge is 2.39. The van der Waals surface area contributed by atoms with Gasteiger partial charge in [0.15, 0.2) is 5.82 Å². The summed E-state index contributed by atoms with van der Waals surface area (Å²) in [7, 11) is -4.56. The fourth-order valence-electron chi connectivity index (χ4n) is 2.99. The van der Waals surface area contributed by atoms with Crippen LogP contribution in [0.15, 0.2) is 47.8 Å². The Morgan fingerprint density at radius 3 is 2.38 bits per heavy atom. The zero-order valence-corrected chi connectivity index (χ0v) is 16.9. The summed E-state index contributed by atoms with van der Waals surface area (Å²) < 4.78 is 79.5. The molecule has 164 valence electrons. The van der Waals surface area contributed by atoms with Gasteiger partial charge in [0.05, 0.1) is 24.2 Å². The molecule has 0 saturated carbocycles. The molecule has 3 heterocycles. The Morgan fingerprint density at radius 2 is 1.84 bits per heavy atom. The second-order valence-electron chi connectivity index (χ2n) is 6.77. The van der Waals surface area contributed by atoms with Gasteiger partial charge in [-0.1, -0.05) is 6.08 Å². The van der Waals surface area contributed by atoms with Gasteiger partial charge in [0, 0.05) is 11.1 Å². The molecular formula is C19H12F4N6O2S. The van der Waals surface area contributed by atoms with Crippen LogP contribution in [0.25, 0.3) is 28.2 Å². The highest BCUT2D eigenvalue weighted by molar-refractivity contribution is 7.89. The van der Waals surface area contributed by atoms with Gasteiger partial charge in [0.2, 0.25) is 10.0 Å². The van der Waals surface area contributed by atoms with Crippen LogP contribution in [0.1, 0.15) is 12.5 Å². The van der Waals surface area contributed by atoms with E-state index in [9.17, 15) is 31.2 Å². The Balaban J connectivity index is 1.82. The largest absolute Gasteiger partial charge is 0.404 e. The normalized spacial score (nSPS) is 14.7. The van der Waals surface area contributed by atoms with Gasteiger partial charge in [0.1, 0.15) is 34.2 Å². The van der Waals surface area contributed by atoms with Gasteiger partial charge in [-0.05, 0) is 25.1 Å². The Bertz CT molecular complexity index is 1430. The summed E-state index contributed by atoms with van der Waals surface area (Å²) in [6.07, 6.45) is 3.00. The molecule has 1 aliphatic rings. The van der Waals surface area contributed by atoms with Crippen LogP contribution in [0.4, 0.5) is 17.6 Å². The van der Waals surface area contributed by atoms with Gasteiger partial charge in [-0.3, -0.25) is 4.57 Å². The fourth-order valence-corrected chi connectivity index (χ4v) is 4.11. The quantitative estimate of drug-likeness (QED) is 0.581. The number of halogens is 4. The molecule has 0 saturated heterocycles. The third kappa shape index (κ3) is 3.63. The molecule has 3 aromatic rings. The number of nitrogens with one attached hydrogen (secondary N) is 1. The third-order valence-electron chi connectivity index (χ3n) is 4.65. The zero-order chi connectivity index (χ0) is 23.3. The van der Waals surface area contributed by atoms with Gasteiger partial charge < -0.3 is 0 Å². The summed E-state index contributed by atoms with van der Waals surface area (Å²) in [6, 6.07) is 0.770. The molecule has 0 radical (unpaired) electrons. The molecule has 13 heteroatoms. The summed E-state index contributed by atoms with van der Waals surface area (Å²) in [5, 5.41) is 9.89. The molecule has 1 N–H and O–H groups in total. The number of sulfonamides is 1. The van der Waals surface area contributed by atoms with E-state index in [1.54, 1.807) is 18.2 Å². The van der Waals surface area contributed by atoms with Crippen LogP contribution in [0, 0.1) is 17.1 Å². The van der Waals surface area contributed by atoms with Gasteiger partial charge in [-0.2, -0.15) is 23.2 Å². The maximum Gasteiger partial charge on any atom is 0.404 e. The van der Waals surface area contributed by atoms with Gasteiger partial charge in [-0.25, -0.2) is 27.8 Å². The summed E-state index contributed by atoms with van der Waals surface area (Å²) in [4.78, 5) is 11.4. The van der Waals surface area contributed by atoms with Crippen molar-refractivity contribution < 1.29 is 26.0 Å². The van der Waals surface area contributed by atoms with E-state index in [4.69, 9.17) is 0 Å². The van der Waals surface area contributed by atoms with Crippen LogP contribution < -0.4 is 4.72 Å². The van der Waals surface area contributed by atoms with Crippen molar-refractivity contribution in [2.75, 3.05) is 0 Å². The summed E-state index contributed by atoms with van der Waals surface area (Å²) in [5.41, 5.74) is 1.01. The van der Waals surface area contributed by atoms with Crippen LogP contribution >= 0.6 is 0 Å². The fraction of sp³-hybridized carbons (Fsp3) is 0.158. The number of pyridine rings is 1. The van der Waals surface area contributed by atoms with E-state index in [0.717, 1.165) is 24.7 Å². The first-order valence-electron chi connectivity index (χ1n) is 8.93. The zero-order valence-electron chi connectivity index (χ0n) is 16.1. The predicted molar refractivity (Wildman–Crippen MR) is 105 cm³/mol. The predicted octanol–water partition coefficient (Wildman–Crippen LogP) is 3.14. The molecule has 1 aliphatic carbocycles. The minimum Gasteiger partial charge on any atom is -0.290 e. The lowest BCUT2D eigenvalue weighted by Crippen LogP contribution is -2.43. The molecule has 1 atom stereocenters. The first-order valence-corrected chi connectivity index (χ1v) is 10.4. The highest BCUT2D eigenvalue weighted by atomic mass is 32.2. The van der Waals surface area contributed by atoms with Gasteiger partial charge in [0.25, 0.3) is 0 Å². The lowest BCUT2D eigenvalue weighted by atomic mass is 10.1. The lowest BCUT2D eigenvalue weighted by molar-refractivity contribution is -0.147. The summed E-state index contributed by atoms with van der Waals surface area (Å²) in [6.45, 7) is 0.663. The topological polar surface area (TPSA) is 114 Å². The van der Waals surface area contributed by atoms with E-state index < -0.39 is 33.0 Å². The number of alkyl halides is 3. The van der Waals surface area contributed by atoms with Crippen molar-refractivity contribution in [2.45, 2.75) is 24.0 Å². The van der Waals surface area contributed by atoms with Gasteiger partial charge in [-0.15, -0.1) is 0 Å². The average Bonchev–Trinajstić information content (AvgIpc) is 2.99. The molecule has 8 nitrogen and oxygen atoms in total. The number of allylic oxidation sites excluding steroid dienone is 4. The van der Waals surface area contributed by atoms with Crippen LogP contribution in [0.2, 0.25) is 0 Å². The molecule has 0 amide bonds. The molecule has 0 bridgehead atoms. The van der Waals surface area contributed by atoms with Gasteiger partial charge >= 0.3 is 6.18 Å². The molecule has 4 rings (SSSR count). The average molecular weight is 464 g/mol. The number of nitrogens with zero attached hydrogens (tertiary/aromatic N) is 5. The summed E-state index contributed by atoms with van der Waals surface area (Å²) >= 11 is 0. The molecule has 0 aromatic carbocycles. The minimum atomic E-state index is -4.78. The van der Waals surface area contributed by atoms with Crippen LogP contribution in [0.5, 0.6) is 0 Å². The van der Waals surface area contributed by atoms with Crippen LogP contribution in [-0.4, -0.2) is 40.2 Å². The number of aromatic nitrogens is 4. The lowest BCUT2D eigenvalue weighted by Gasteiger charge is -2.17. The van der Waals surface area contributed by atoms with E-state index in [0.29, 0.717) is 12.6 Å².